The number of aryl methyl sites for hydroxylation is 1. The number of carbonyl (C=O) groups is 1. The van der Waals surface area contributed by atoms with Gasteiger partial charge in [0, 0.05) is 7.05 Å². The van der Waals surface area contributed by atoms with E-state index in [1.165, 1.54) is 7.05 Å². The predicted molar refractivity (Wildman–Crippen MR) is 72.0 cm³/mol. The van der Waals surface area contributed by atoms with Crippen molar-refractivity contribution in [2.75, 3.05) is 17.6 Å². The fraction of sp³-hybridized carbons (Fsp3) is 0.417. The van der Waals surface area contributed by atoms with E-state index >= 15 is 0 Å². The van der Waals surface area contributed by atoms with E-state index in [9.17, 15) is 13.2 Å². The molecule has 0 unspecified atom stereocenters. The number of anilines is 1. The van der Waals surface area contributed by atoms with Crippen LogP contribution in [0.1, 0.15) is 12.5 Å². The number of nitrogens with one attached hydrogen (secondary N) is 1. The second-order valence-corrected chi connectivity index (χ2v) is 6.05. The van der Waals surface area contributed by atoms with Gasteiger partial charge in [-0.3, -0.25) is 9.10 Å². The maximum atomic E-state index is 11.9. The Bertz CT molecular complexity index is 540. The lowest BCUT2D eigenvalue weighted by molar-refractivity contribution is -0.121. The van der Waals surface area contributed by atoms with E-state index in [1.807, 2.05) is 13.0 Å². The Labute approximate surface area is 108 Å². The molecular weight excluding hydrogens is 252 g/mol. The Morgan fingerprint density at radius 1 is 1.39 bits per heavy atom. The summed E-state index contributed by atoms with van der Waals surface area (Å²) < 4.78 is 24.8. The average Bonchev–Trinajstić information content (AvgIpc) is 2.26. The summed E-state index contributed by atoms with van der Waals surface area (Å²) in [7, 11) is -2.03. The van der Waals surface area contributed by atoms with Crippen LogP contribution in [0.2, 0.25) is 0 Å². The van der Waals surface area contributed by atoms with Gasteiger partial charge in [0.1, 0.15) is 6.04 Å². The van der Waals surface area contributed by atoms with Crippen LogP contribution in [0.5, 0.6) is 0 Å². The second kappa shape index (κ2) is 5.39. The third-order valence-corrected chi connectivity index (χ3v) is 3.83. The molecule has 1 N–H and O–H groups in total. The van der Waals surface area contributed by atoms with E-state index in [-0.39, 0.29) is 5.91 Å². The number of amides is 1. The van der Waals surface area contributed by atoms with Crippen LogP contribution in [0.4, 0.5) is 5.69 Å². The lowest BCUT2D eigenvalue weighted by Crippen LogP contribution is -2.47. The van der Waals surface area contributed by atoms with E-state index in [0.29, 0.717) is 5.69 Å². The van der Waals surface area contributed by atoms with Gasteiger partial charge in [-0.1, -0.05) is 12.1 Å². The van der Waals surface area contributed by atoms with Crippen molar-refractivity contribution in [1.82, 2.24) is 5.32 Å². The summed E-state index contributed by atoms with van der Waals surface area (Å²) in [5.41, 5.74) is 1.43. The third kappa shape index (κ3) is 3.22. The summed E-state index contributed by atoms with van der Waals surface area (Å²) in [5.74, 6) is -0.345. The topological polar surface area (TPSA) is 66.5 Å². The molecule has 6 heteroatoms. The summed E-state index contributed by atoms with van der Waals surface area (Å²) in [4.78, 5) is 11.6. The molecule has 0 aliphatic rings. The zero-order chi connectivity index (χ0) is 13.9. The Balaban J connectivity index is 3.27. The van der Waals surface area contributed by atoms with Gasteiger partial charge in [-0.25, -0.2) is 8.42 Å². The first-order valence-corrected chi connectivity index (χ1v) is 7.40. The number of hydrogen-bond acceptors (Lipinski definition) is 3. The third-order valence-electron chi connectivity index (χ3n) is 2.59. The summed E-state index contributed by atoms with van der Waals surface area (Å²) in [6, 6.07) is 6.26. The van der Waals surface area contributed by atoms with Crippen LogP contribution < -0.4 is 9.62 Å². The molecule has 1 aromatic rings. The number of benzene rings is 1. The fourth-order valence-corrected chi connectivity index (χ4v) is 2.95. The van der Waals surface area contributed by atoms with Crippen molar-refractivity contribution in [3.05, 3.63) is 29.8 Å². The van der Waals surface area contributed by atoms with Crippen LogP contribution in [0.3, 0.4) is 0 Å². The van der Waals surface area contributed by atoms with Gasteiger partial charge in [-0.2, -0.15) is 0 Å². The Kier molecular flexibility index (Phi) is 4.34. The molecule has 5 nitrogen and oxygen atoms in total. The molecule has 1 aromatic carbocycles. The summed E-state index contributed by atoms with van der Waals surface area (Å²) in [5, 5.41) is 2.46. The Morgan fingerprint density at radius 2 is 2.00 bits per heavy atom. The standard InChI is InChI=1S/C12H18N2O3S/c1-9-6-5-7-11(8-9)14(18(4,16)17)10(2)12(15)13-3/h5-8,10H,1-4H3,(H,13,15)/t10-/m0/s1. The van der Waals surface area contributed by atoms with Crippen molar-refractivity contribution in [3.8, 4) is 0 Å². The first-order valence-electron chi connectivity index (χ1n) is 5.55. The van der Waals surface area contributed by atoms with Crippen molar-refractivity contribution in [2.45, 2.75) is 19.9 Å². The Morgan fingerprint density at radius 3 is 2.44 bits per heavy atom. The van der Waals surface area contributed by atoms with Crippen LogP contribution in [0.25, 0.3) is 0 Å². The van der Waals surface area contributed by atoms with E-state index in [1.54, 1.807) is 25.1 Å². The predicted octanol–water partition coefficient (Wildman–Crippen LogP) is 0.896. The van der Waals surface area contributed by atoms with Crippen molar-refractivity contribution in [1.29, 1.82) is 0 Å². The minimum atomic E-state index is -3.52. The number of likely N-dealkylation sites (N-methyl/N-ethyl adjacent to an activating group) is 1. The lowest BCUT2D eigenvalue weighted by atomic mass is 10.2. The molecule has 0 aliphatic carbocycles. The van der Waals surface area contributed by atoms with Gasteiger partial charge < -0.3 is 5.32 Å². The number of rotatable bonds is 4. The molecule has 1 amide bonds. The van der Waals surface area contributed by atoms with Crippen LogP contribution in [0, 0.1) is 6.92 Å². The smallest absolute Gasteiger partial charge is 0.243 e. The quantitative estimate of drug-likeness (QED) is 0.884. The zero-order valence-electron chi connectivity index (χ0n) is 11.0. The Hall–Kier alpha value is -1.56. The maximum absolute atomic E-state index is 11.9. The van der Waals surface area contributed by atoms with Gasteiger partial charge >= 0.3 is 0 Å². The molecule has 1 atom stereocenters. The molecule has 0 aliphatic heterocycles. The number of sulfonamides is 1. The van der Waals surface area contributed by atoms with E-state index < -0.39 is 16.1 Å². The molecule has 0 radical (unpaired) electrons. The molecule has 0 aromatic heterocycles. The second-order valence-electron chi connectivity index (χ2n) is 4.19. The fourth-order valence-electron chi connectivity index (χ4n) is 1.78. The van der Waals surface area contributed by atoms with Gasteiger partial charge in [0.15, 0.2) is 0 Å². The molecular formula is C12H18N2O3S. The highest BCUT2D eigenvalue weighted by atomic mass is 32.2. The van der Waals surface area contributed by atoms with Gasteiger partial charge in [-0.15, -0.1) is 0 Å². The van der Waals surface area contributed by atoms with Crippen molar-refractivity contribution in [2.24, 2.45) is 0 Å². The highest BCUT2D eigenvalue weighted by Gasteiger charge is 2.28. The SMILES string of the molecule is CNC(=O)[C@H](C)N(c1cccc(C)c1)S(C)(=O)=O. The zero-order valence-corrected chi connectivity index (χ0v) is 11.8. The van der Waals surface area contributed by atoms with Gasteiger partial charge in [0.05, 0.1) is 11.9 Å². The van der Waals surface area contributed by atoms with Crippen LogP contribution in [-0.4, -0.2) is 33.7 Å². The normalized spacial score (nSPS) is 12.9. The van der Waals surface area contributed by atoms with Crippen molar-refractivity contribution >= 4 is 21.6 Å². The average molecular weight is 270 g/mol. The van der Waals surface area contributed by atoms with Crippen molar-refractivity contribution < 1.29 is 13.2 Å². The molecule has 0 bridgehead atoms. The van der Waals surface area contributed by atoms with Crippen LogP contribution in [0.15, 0.2) is 24.3 Å². The van der Waals surface area contributed by atoms with Crippen molar-refractivity contribution in [3.63, 3.8) is 0 Å². The lowest BCUT2D eigenvalue weighted by Gasteiger charge is -2.28. The minimum Gasteiger partial charge on any atom is -0.357 e. The summed E-state index contributed by atoms with van der Waals surface area (Å²) in [6.07, 6.45) is 1.09. The van der Waals surface area contributed by atoms with Gasteiger partial charge in [-0.05, 0) is 31.5 Å². The highest BCUT2D eigenvalue weighted by Crippen LogP contribution is 2.21. The van der Waals surface area contributed by atoms with E-state index in [0.717, 1.165) is 16.1 Å². The number of carbonyl (C=O) groups excluding carboxylic acids is 1. The maximum Gasteiger partial charge on any atom is 0.243 e. The molecule has 0 heterocycles. The largest absolute Gasteiger partial charge is 0.357 e. The first-order chi connectivity index (χ1) is 8.27. The van der Waals surface area contributed by atoms with Crippen LogP contribution in [-0.2, 0) is 14.8 Å². The molecule has 18 heavy (non-hydrogen) atoms. The molecule has 1 rings (SSSR count). The minimum absolute atomic E-state index is 0.345. The number of hydrogen-bond donors (Lipinski definition) is 1. The molecule has 100 valence electrons. The van der Waals surface area contributed by atoms with E-state index in [4.69, 9.17) is 0 Å². The molecule has 0 saturated carbocycles. The summed E-state index contributed by atoms with van der Waals surface area (Å²) in [6.45, 7) is 3.43. The van der Waals surface area contributed by atoms with Gasteiger partial charge in [0.25, 0.3) is 0 Å². The number of nitrogens with zero attached hydrogens (tertiary/aromatic N) is 1. The van der Waals surface area contributed by atoms with E-state index in [2.05, 4.69) is 5.32 Å². The van der Waals surface area contributed by atoms with Crippen LogP contribution >= 0.6 is 0 Å². The molecule has 0 fully saturated rings. The monoisotopic (exact) mass is 270 g/mol. The molecule has 0 spiro atoms. The van der Waals surface area contributed by atoms with Gasteiger partial charge in [0.2, 0.25) is 15.9 Å². The summed E-state index contributed by atoms with van der Waals surface area (Å²) >= 11 is 0. The highest BCUT2D eigenvalue weighted by molar-refractivity contribution is 7.92. The first kappa shape index (κ1) is 14.5. The molecule has 0 saturated heterocycles.